The van der Waals surface area contributed by atoms with Gasteiger partial charge in [0.25, 0.3) is 5.91 Å². The molecule has 0 fully saturated rings. The van der Waals surface area contributed by atoms with Gasteiger partial charge in [0.2, 0.25) is 0 Å². The van der Waals surface area contributed by atoms with Crippen molar-refractivity contribution < 1.29 is 18.7 Å². The number of halogens is 2. The Morgan fingerprint density at radius 1 is 1.33 bits per heavy atom. The quantitative estimate of drug-likeness (QED) is 0.861. The van der Waals surface area contributed by atoms with Crippen LogP contribution < -0.4 is 5.32 Å². The molecule has 1 aromatic carbocycles. The van der Waals surface area contributed by atoms with Crippen molar-refractivity contribution in [2.75, 3.05) is 13.2 Å². The van der Waals surface area contributed by atoms with Crippen molar-refractivity contribution >= 4 is 17.2 Å². The fraction of sp³-hybridized carbons (Fsp3) is 0.267. The van der Waals surface area contributed by atoms with Crippen LogP contribution in [-0.4, -0.2) is 24.2 Å². The van der Waals surface area contributed by atoms with Crippen molar-refractivity contribution in [2.24, 2.45) is 5.92 Å². The molecule has 0 saturated heterocycles. The maximum Gasteiger partial charge on any atom is 0.261 e. The number of hydrogen-bond acceptors (Lipinski definition) is 3. The summed E-state index contributed by atoms with van der Waals surface area (Å²) in [6.45, 7) is -0.0239. The van der Waals surface area contributed by atoms with Crippen molar-refractivity contribution in [3.8, 4) is 0 Å². The number of nitrogens with one attached hydrogen (secondary N) is 1. The summed E-state index contributed by atoms with van der Waals surface area (Å²) in [5.74, 6) is -1.64. The van der Waals surface area contributed by atoms with E-state index in [1.54, 1.807) is 17.5 Å². The standard InChI is InChI=1S/C15H15F2NO2S/c16-12-3-4-13(17)11(7-12)6-10(9-19)8-18-15(20)14-2-1-5-21-14/h1-5,7,10,19H,6,8-9H2,(H,18,20)/t10-/m1/s1. The molecule has 0 bridgehead atoms. The van der Waals surface area contributed by atoms with Crippen molar-refractivity contribution in [1.29, 1.82) is 0 Å². The first-order valence-electron chi connectivity index (χ1n) is 6.46. The van der Waals surface area contributed by atoms with Gasteiger partial charge in [-0.15, -0.1) is 11.3 Å². The van der Waals surface area contributed by atoms with Crippen LogP contribution in [0.5, 0.6) is 0 Å². The number of benzene rings is 1. The zero-order valence-electron chi connectivity index (χ0n) is 11.2. The molecule has 0 spiro atoms. The van der Waals surface area contributed by atoms with E-state index < -0.39 is 11.6 Å². The molecule has 0 aliphatic rings. The molecule has 0 aliphatic heterocycles. The molecule has 1 atom stereocenters. The van der Waals surface area contributed by atoms with Crippen LogP contribution in [0.4, 0.5) is 8.78 Å². The molecule has 2 aromatic rings. The third kappa shape index (κ3) is 4.34. The number of hydrogen-bond donors (Lipinski definition) is 2. The molecule has 1 amide bonds. The number of carbonyl (C=O) groups is 1. The number of rotatable bonds is 6. The third-order valence-electron chi connectivity index (χ3n) is 3.07. The van der Waals surface area contributed by atoms with Crippen LogP contribution in [0.2, 0.25) is 0 Å². The molecule has 2 rings (SSSR count). The zero-order chi connectivity index (χ0) is 15.2. The molecule has 1 aromatic heterocycles. The Morgan fingerprint density at radius 2 is 2.14 bits per heavy atom. The zero-order valence-corrected chi connectivity index (χ0v) is 12.0. The van der Waals surface area contributed by atoms with Gasteiger partial charge in [-0.25, -0.2) is 8.78 Å². The van der Waals surface area contributed by atoms with E-state index in [4.69, 9.17) is 0 Å². The average molecular weight is 311 g/mol. The molecule has 1 heterocycles. The van der Waals surface area contributed by atoms with Gasteiger partial charge in [-0.3, -0.25) is 4.79 Å². The Labute approximate surface area is 125 Å². The smallest absolute Gasteiger partial charge is 0.261 e. The van der Waals surface area contributed by atoms with Gasteiger partial charge in [-0.05, 0) is 41.6 Å². The van der Waals surface area contributed by atoms with Crippen LogP contribution in [0.3, 0.4) is 0 Å². The highest BCUT2D eigenvalue weighted by Crippen LogP contribution is 2.15. The van der Waals surface area contributed by atoms with Crippen molar-refractivity contribution in [2.45, 2.75) is 6.42 Å². The monoisotopic (exact) mass is 311 g/mol. The second kappa shape index (κ2) is 7.28. The Hall–Kier alpha value is -1.79. The van der Waals surface area contributed by atoms with Gasteiger partial charge < -0.3 is 10.4 Å². The van der Waals surface area contributed by atoms with Gasteiger partial charge in [-0.2, -0.15) is 0 Å². The van der Waals surface area contributed by atoms with E-state index in [0.717, 1.165) is 18.2 Å². The minimum absolute atomic E-state index is 0.158. The SMILES string of the molecule is O=C(NC[C@H](CO)Cc1cc(F)ccc1F)c1cccs1. The van der Waals surface area contributed by atoms with E-state index in [2.05, 4.69) is 5.32 Å². The lowest BCUT2D eigenvalue weighted by Gasteiger charge is -2.15. The van der Waals surface area contributed by atoms with E-state index in [9.17, 15) is 18.7 Å². The lowest BCUT2D eigenvalue weighted by Crippen LogP contribution is -2.31. The normalized spacial score (nSPS) is 12.1. The van der Waals surface area contributed by atoms with E-state index >= 15 is 0 Å². The Balaban J connectivity index is 1.94. The van der Waals surface area contributed by atoms with E-state index in [1.165, 1.54) is 11.3 Å². The van der Waals surface area contributed by atoms with Crippen LogP contribution in [0, 0.1) is 17.6 Å². The summed E-state index contributed by atoms with van der Waals surface area (Å²) in [7, 11) is 0. The molecule has 112 valence electrons. The highest BCUT2D eigenvalue weighted by atomic mass is 32.1. The molecule has 0 aliphatic carbocycles. The average Bonchev–Trinajstić information content (AvgIpc) is 3.01. The molecular formula is C15H15F2NO2S. The number of thiophene rings is 1. The largest absolute Gasteiger partial charge is 0.396 e. The molecule has 0 radical (unpaired) electrons. The molecule has 0 saturated carbocycles. The fourth-order valence-electron chi connectivity index (χ4n) is 1.94. The highest BCUT2D eigenvalue weighted by Gasteiger charge is 2.14. The van der Waals surface area contributed by atoms with Gasteiger partial charge in [-0.1, -0.05) is 6.07 Å². The fourth-order valence-corrected chi connectivity index (χ4v) is 2.58. The summed E-state index contributed by atoms with van der Waals surface area (Å²) in [4.78, 5) is 12.4. The minimum Gasteiger partial charge on any atom is -0.396 e. The van der Waals surface area contributed by atoms with Gasteiger partial charge in [0, 0.05) is 19.1 Å². The van der Waals surface area contributed by atoms with E-state index in [1.807, 2.05) is 0 Å². The summed E-state index contributed by atoms with van der Waals surface area (Å²) in [5.41, 5.74) is 0.194. The van der Waals surface area contributed by atoms with Crippen LogP contribution in [-0.2, 0) is 6.42 Å². The second-order valence-corrected chi connectivity index (χ2v) is 5.62. The first-order valence-corrected chi connectivity index (χ1v) is 7.34. The summed E-state index contributed by atoms with van der Waals surface area (Å²) < 4.78 is 26.7. The van der Waals surface area contributed by atoms with Crippen LogP contribution in [0.25, 0.3) is 0 Å². The second-order valence-electron chi connectivity index (χ2n) is 4.68. The summed E-state index contributed by atoms with van der Waals surface area (Å²) in [6, 6.07) is 6.68. The molecule has 0 unspecified atom stereocenters. The topological polar surface area (TPSA) is 49.3 Å². The summed E-state index contributed by atoms with van der Waals surface area (Å²) in [6.07, 6.45) is 0.158. The van der Waals surface area contributed by atoms with Crippen molar-refractivity contribution in [3.05, 3.63) is 57.8 Å². The molecule has 3 nitrogen and oxygen atoms in total. The maximum atomic E-state index is 13.6. The van der Waals surface area contributed by atoms with E-state index in [-0.39, 0.29) is 37.0 Å². The Kier molecular flexibility index (Phi) is 5.41. The van der Waals surface area contributed by atoms with Gasteiger partial charge in [0.05, 0.1) is 4.88 Å². The lowest BCUT2D eigenvalue weighted by atomic mass is 9.99. The number of amides is 1. The lowest BCUT2D eigenvalue weighted by molar-refractivity contribution is 0.0944. The Morgan fingerprint density at radius 3 is 2.81 bits per heavy atom. The minimum atomic E-state index is -0.522. The molecule has 6 heteroatoms. The molecule has 21 heavy (non-hydrogen) atoms. The maximum absolute atomic E-state index is 13.6. The predicted molar refractivity (Wildman–Crippen MR) is 77.3 cm³/mol. The van der Waals surface area contributed by atoms with Crippen LogP contribution >= 0.6 is 11.3 Å². The predicted octanol–water partition coefficient (Wildman–Crippen LogP) is 2.61. The van der Waals surface area contributed by atoms with Gasteiger partial charge in [0.15, 0.2) is 0 Å². The van der Waals surface area contributed by atoms with Crippen LogP contribution in [0.15, 0.2) is 35.7 Å². The Bertz CT molecular complexity index is 602. The van der Waals surface area contributed by atoms with E-state index in [0.29, 0.717) is 4.88 Å². The summed E-state index contributed by atoms with van der Waals surface area (Å²) >= 11 is 1.31. The van der Waals surface area contributed by atoms with Gasteiger partial charge >= 0.3 is 0 Å². The van der Waals surface area contributed by atoms with Crippen molar-refractivity contribution in [3.63, 3.8) is 0 Å². The highest BCUT2D eigenvalue weighted by molar-refractivity contribution is 7.12. The third-order valence-corrected chi connectivity index (χ3v) is 3.94. The van der Waals surface area contributed by atoms with Gasteiger partial charge in [0.1, 0.15) is 11.6 Å². The number of carbonyl (C=O) groups excluding carboxylic acids is 1. The number of aliphatic hydroxyl groups excluding tert-OH is 1. The number of aliphatic hydroxyl groups is 1. The van der Waals surface area contributed by atoms with Crippen molar-refractivity contribution in [1.82, 2.24) is 5.32 Å². The first kappa shape index (κ1) is 15.6. The first-order chi connectivity index (χ1) is 10.1. The molecule has 2 N–H and O–H groups in total. The molecular weight excluding hydrogens is 296 g/mol. The van der Waals surface area contributed by atoms with Crippen LogP contribution in [0.1, 0.15) is 15.2 Å². The summed E-state index contributed by atoms with van der Waals surface area (Å²) in [5, 5.41) is 13.8.